The molecule has 0 heterocycles. The van der Waals surface area contributed by atoms with Crippen LogP contribution in [-0.4, -0.2) is 35.2 Å². The molecule has 1 aliphatic carbocycles. The number of aryl methyl sites for hydroxylation is 1. The standard InChI is InChI=1S/C16H26N2O/c1-13-4-3-5-14(10-13)11-18(2)15-6-8-16(19,12-17)9-7-15/h3-5,10,15,19H,6-9,11-12,17H2,1-2H3. The average Bonchev–Trinajstić information content (AvgIpc) is 2.39. The first-order chi connectivity index (χ1) is 9.02. The summed E-state index contributed by atoms with van der Waals surface area (Å²) in [5, 5.41) is 10.2. The molecule has 0 amide bonds. The average molecular weight is 262 g/mol. The second-order valence-electron chi connectivity index (χ2n) is 6.06. The highest BCUT2D eigenvalue weighted by molar-refractivity contribution is 5.22. The topological polar surface area (TPSA) is 49.5 Å². The lowest BCUT2D eigenvalue weighted by atomic mass is 9.81. The van der Waals surface area contributed by atoms with E-state index < -0.39 is 5.60 Å². The molecule has 0 radical (unpaired) electrons. The fourth-order valence-corrected chi connectivity index (χ4v) is 3.01. The molecule has 0 spiro atoms. The Hall–Kier alpha value is -0.900. The Bertz CT molecular complexity index is 411. The Morgan fingerprint density at radius 3 is 2.63 bits per heavy atom. The molecule has 3 nitrogen and oxygen atoms in total. The van der Waals surface area contributed by atoms with E-state index in [1.165, 1.54) is 11.1 Å². The van der Waals surface area contributed by atoms with Gasteiger partial charge in [-0.2, -0.15) is 0 Å². The third-order valence-corrected chi connectivity index (χ3v) is 4.40. The van der Waals surface area contributed by atoms with Crippen LogP contribution in [0.5, 0.6) is 0 Å². The van der Waals surface area contributed by atoms with E-state index >= 15 is 0 Å². The van der Waals surface area contributed by atoms with Gasteiger partial charge in [0.15, 0.2) is 0 Å². The molecular weight excluding hydrogens is 236 g/mol. The zero-order chi connectivity index (χ0) is 13.9. The summed E-state index contributed by atoms with van der Waals surface area (Å²) in [7, 11) is 2.18. The van der Waals surface area contributed by atoms with Crippen molar-refractivity contribution in [1.29, 1.82) is 0 Å². The lowest BCUT2D eigenvalue weighted by molar-refractivity contribution is -0.0104. The van der Waals surface area contributed by atoms with Gasteiger partial charge in [-0.3, -0.25) is 4.90 Å². The van der Waals surface area contributed by atoms with Crippen LogP contribution in [0.15, 0.2) is 24.3 Å². The van der Waals surface area contributed by atoms with Crippen LogP contribution >= 0.6 is 0 Å². The smallest absolute Gasteiger partial charge is 0.0770 e. The fourth-order valence-electron chi connectivity index (χ4n) is 3.01. The summed E-state index contributed by atoms with van der Waals surface area (Å²) in [5.41, 5.74) is 7.70. The molecule has 0 unspecified atom stereocenters. The molecule has 3 N–H and O–H groups in total. The van der Waals surface area contributed by atoms with E-state index in [0.717, 1.165) is 32.2 Å². The summed E-state index contributed by atoms with van der Waals surface area (Å²) in [6, 6.07) is 9.24. The van der Waals surface area contributed by atoms with Gasteiger partial charge in [0.25, 0.3) is 0 Å². The SMILES string of the molecule is Cc1cccc(CN(C)C2CCC(O)(CN)CC2)c1. The second-order valence-corrected chi connectivity index (χ2v) is 6.06. The quantitative estimate of drug-likeness (QED) is 0.873. The minimum absolute atomic E-state index is 0.390. The number of benzene rings is 1. The van der Waals surface area contributed by atoms with Crippen molar-refractivity contribution in [3.8, 4) is 0 Å². The zero-order valence-corrected chi connectivity index (χ0v) is 12.1. The number of hydrogen-bond acceptors (Lipinski definition) is 3. The summed E-state index contributed by atoms with van der Waals surface area (Å²) >= 11 is 0. The third kappa shape index (κ3) is 3.78. The maximum Gasteiger partial charge on any atom is 0.0770 e. The summed E-state index contributed by atoms with van der Waals surface area (Å²) in [6.07, 6.45) is 3.73. The van der Waals surface area contributed by atoms with Crippen molar-refractivity contribution in [1.82, 2.24) is 4.90 Å². The van der Waals surface area contributed by atoms with E-state index in [0.29, 0.717) is 12.6 Å². The molecule has 19 heavy (non-hydrogen) atoms. The van der Waals surface area contributed by atoms with Crippen LogP contribution in [0.25, 0.3) is 0 Å². The molecule has 0 aliphatic heterocycles. The van der Waals surface area contributed by atoms with Crippen molar-refractivity contribution in [2.75, 3.05) is 13.6 Å². The van der Waals surface area contributed by atoms with Gasteiger partial charge in [-0.05, 0) is 45.2 Å². The molecule has 2 rings (SSSR count). The lowest BCUT2D eigenvalue weighted by Crippen LogP contribution is -2.45. The highest BCUT2D eigenvalue weighted by Crippen LogP contribution is 2.30. The number of rotatable bonds is 4. The van der Waals surface area contributed by atoms with Crippen LogP contribution in [0.4, 0.5) is 0 Å². The number of nitrogens with two attached hydrogens (primary N) is 1. The van der Waals surface area contributed by atoms with Crippen molar-refractivity contribution in [2.24, 2.45) is 5.73 Å². The predicted molar refractivity (Wildman–Crippen MR) is 78.9 cm³/mol. The first-order valence-electron chi connectivity index (χ1n) is 7.21. The fraction of sp³-hybridized carbons (Fsp3) is 0.625. The molecule has 0 aromatic heterocycles. The Kier molecular flexibility index (Phi) is 4.61. The Morgan fingerprint density at radius 1 is 1.37 bits per heavy atom. The number of aliphatic hydroxyl groups is 1. The van der Waals surface area contributed by atoms with Crippen molar-refractivity contribution in [3.63, 3.8) is 0 Å². The van der Waals surface area contributed by atoms with Crippen molar-refractivity contribution in [2.45, 2.75) is 50.8 Å². The van der Waals surface area contributed by atoms with Crippen LogP contribution in [0.1, 0.15) is 36.8 Å². The maximum atomic E-state index is 10.2. The van der Waals surface area contributed by atoms with Gasteiger partial charge < -0.3 is 10.8 Å². The van der Waals surface area contributed by atoms with Gasteiger partial charge in [-0.1, -0.05) is 29.8 Å². The molecule has 1 saturated carbocycles. The normalized spacial score (nSPS) is 27.7. The van der Waals surface area contributed by atoms with Gasteiger partial charge in [0.05, 0.1) is 5.60 Å². The lowest BCUT2D eigenvalue weighted by Gasteiger charge is -2.39. The van der Waals surface area contributed by atoms with Gasteiger partial charge in [-0.15, -0.1) is 0 Å². The zero-order valence-electron chi connectivity index (χ0n) is 12.1. The van der Waals surface area contributed by atoms with Gasteiger partial charge in [0.2, 0.25) is 0 Å². The van der Waals surface area contributed by atoms with E-state index in [-0.39, 0.29) is 0 Å². The van der Waals surface area contributed by atoms with Crippen molar-refractivity contribution in [3.05, 3.63) is 35.4 Å². The molecule has 1 aromatic carbocycles. The molecule has 106 valence electrons. The molecule has 0 saturated heterocycles. The van der Waals surface area contributed by atoms with Gasteiger partial charge in [0.1, 0.15) is 0 Å². The summed E-state index contributed by atoms with van der Waals surface area (Å²) < 4.78 is 0. The van der Waals surface area contributed by atoms with Gasteiger partial charge in [-0.25, -0.2) is 0 Å². The Morgan fingerprint density at radius 2 is 2.05 bits per heavy atom. The molecule has 1 aromatic rings. The van der Waals surface area contributed by atoms with Crippen molar-refractivity contribution < 1.29 is 5.11 Å². The van der Waals surface area contributed by atoms with Crippen molar-refractivity contribution >= 4 is 0 Å². The van der Waals surface area contributed by atoms with E-state index in [1.54, 1.807) is 0 Å². The molecular formula is C16H26N2O. The largest absolute Gasteiger partial charge is 0.389 e. The van der Waals surface area contributed by atoms with Gasteiger partial charge >= 0.3 is 0 Å². The van der Waals surface area contributed by atoms with Crippen LogP contribution < -0.4 is 5.73 Å². The second kappa shape index (κ2) is 6.04. The number of nitrogens with zero attached hydrogens (tertiary/aromatic N) is 1. The third-order valence-electron chi connectivity index (χ3n) is 4.40. The van der Waals surface area contributed by atoms with Crippen LogP contribution in [-0.2, 0) is 6.54 Å². The first-order valence-corrected chi connectivity index (χ1v) is 7.21. The Labute approximate surface area is 116 Å². The summed E-state index contributed by atoms with van der Waals surface area (Å²) in [5.74, 6) is 0. The van der Waals surface area contributed by atoms with Crippen LogP contribution in [0, 0.1) is 6.92 Å². The van der Waals surface area contributed by atoms with E-state index in [9.17, 15) is 5.11 Å². The molecule has 1 aliphatic rings. The Balaban J connectivity index is 1.89. The summed E-state index contributed by atoms with van der Waals surface area (Å²) in [6.45, 7) is 3.50. The molecule has 0 bridgehead atoms. The van der Waals surface area contributed by atoms with Crippen LogP contribution in [0.3, 0.4) is 0 Å². The molecule has 3 heteroatoms. The highest BCUT2D eigenvalue weighted by Gasteiger charge is 2.33. The van der Waals surface area contributed by atoms with Gasteiger partial charge in [0, 0.05) is 19.1 Å². The van der Waals surface area contributed by atoms with E-state index in [2.05, 4.69) is 43.1 Å². The number of hydrogen-bond donors (Lipinski definition) is 2. The minimum atomic E-state index is -0.610. The predicted octanol–water partition coefficient (Wildman–Crippen LogP) is 2.06. The minimum Gasteiger partial charge on any atom is -0.389 e. The summed E-state index contributed by atoms with van der Waals surface area (Å²) in [4.78, 5) is 2.41. The van der Waals surface area contributed by atoms with E-state index in [4.69, 9.17) is 5.73 Å². The van der Waals surface area contributed by atoms with E-state index in [1.807, 2.05) is 0 Å². The van der Waals surface area contributed by atoms with Crippen LogP contribution in [0.2, 0.25) is 0 Å². The molecule has 0 atom stereocenters. The monoisotopic (exact) mass is 262 g/mol. The molecule has 1 fully saturated rings. The first kappa shape index (κ1) is 14.5. The highest BCUT2D eigenvalue weighted by atomic mass is 16.3. The maximum absolute atomic E-state index is 10.2.